The molecule has 0 aliphatic heterocycles. The average Bonchev–Trinajstić information content (AvgIpc) is 2.87. The molecule has 0 bridgehead atoms. The summed E-state index contributed by atoms with van der Waals surface area (Å²) in [5.74, 6) is 3.03. The van der Waals surface area contributed by atoms with E-state index in [4.69, 9.17) is 6.42 Å². The molecule has 0 aromatic rings. The van der Waals surface area contributed by atoms with Crippen LogP contribution in [0.3, 0.4) is 0 Å². The molecule has 4 aliphatic rings. The van der Waals surface area contributed by atoms with Crippen LogP contribution < -0.4 is 0 Å². The minimum absolute atomic E-state index is 0.0206. The summed E-state index contributed by atoms with van der Waals surface area (Å²) in [7, 11) is 0. The Balaban J connectivity index is 1.77. The Labute approximate surface area is 150 Å². The van der Waals surface area contributed by atoms with E-state index in [0.717, 1.165) is 31.3 Å². The van der Waals surface area contributed by atoms with Crippen molar-refractivity contribution in [2.24, 2.45) is 28.6 Å². The van der Waals surface area contributed by atoms with E-state index in [-0.39, 0.29) is 41.3 Å². The van der Waals surface area contributed by atoms with Crippen LogP contribution in [0.15, 0.2) is 11.6 Å². The summed E-state index contributed by atoms with van der Waals surface area (Å²) in [6.07, 6.45) is 11.7. The molecule has 8 atom stereocenters. The first-order chi connectivity index (χ1) is 11.8. The number of hydrogen-bond acceptors (Lipinski definition) is 4. The molecule has 138 valence electrons. The third kappa shape index (κ3) is 2.10. The van der Waals surface area contributed by atoms with Crippen molar-refractivity contribution in [3.8, 4) is 12.3 Å². The minimum Gasteiger partial charge on any atom is -0.395 e. The van der Waals surface area contributed by atoms with Gasteiger partial charge in [0.05, 0.1) is 18.8 Å². The molecule has 4 nitrogen and oxygen atoms in total. The van der Waals surface area contributed by atoms with Crippen molar-refractivity contribution in [2.75, 3.05) is 6.61 Å². The second-order valence-corrected chi connectivity index (χ2v) is 9.18. The van der Waals surface area contributed by atoms with Gasteiger partial charge in [-0.1, -0.05) is 24.5 Å². The van der Waals surface area contributed by atoms with Gasteiger partial charge in [-0.15, -0.1) is 6.42 Å². The predicted octanol–water partition coefficient (Wildman–Crippen LogP) is 1.62. The first-order valence-electron chi connectivity index (χ1n) is 9.70. The topological polar surface area (TPSA) is 80.9 Å². The number of terminal acetylenes is 1. The maximum Gasteiger partial charge on any atom is 0.130 e. The van der Waals surface area contributed by atoms with Crippen molar-refractivity contribution >= 4 is 0 Å². The van der Waals surface area contributed by atoms with Gasteiger partial charge >= 0.3 is 0 Å². The van der Waals surface area contributed by atoms with Crippen LogP contribution in [-0.4, -0.2) is 44.8 Å². The van der Waals surface area contributed by atoms with Crippen molar-refractivity contribution < 1.29 is 20.4 Å². The Morgan fingerprint density at radius 2 is 1.88 bits per heavy atom. The Morgan fingerprint density at radius 3 is 2.56 bits per heavy atom. The summed E-state index contributed by atoms with van der Waals surface area (Å²) in [5, 5.41) is 42.4. The smallest absolute Gasteiger partial charge is 0.130 e. The summed E-state index contributed by atoms with van der Waals surface area (Å²) in [4.78, 5) is 0. The second-order valence-electron chi connectivity index (χ2n) is 9.18. The predicted molar refractivity (Wildman–Crippen MR) is 94.3 cm³/mol. The van der Waals surface area contributed by atoms with Gasteiger partial charge in [0.15, 0.2) is 0 Å². The third-order valence-electron chi connectivity index (χ3n) is 8.50. The van der Waals surface area contributed by atoms with E-state index in [1.54, 1.807) is 0 Å². The zero-order chi connectivity index (χ0) is 18.0. The zero-order valence-corrected chi connectivity index (χ0v) is 15.0. The fourth-order valence-corrected chi connectivity index (χ4v) is 6.99. The standard InChI is InChI=1S/C21H30O4/c1-3-21(25)9-6-15-18-16(5-7-19(15,21)2)20(12-22)8-4-14(23)10-13(20)11-17(18)24/h1,11,14-18,22-25H,4-10,12H2,2H3/t14-,15+,16+,17+,18+,19+,20-,21+/m1/s1. The highest BCUT2D eigenvalue weighted by Crippen LogP contribution is 2.66. The lowest BCUT2D eigenvalue weighted by Crippen LogP contribution is -2.58. The van der Waals surface area contributed by atoms with Crippen LogP contribution in [0.1, 0.15) is 51.9 Å². The molecular formula is C21H30O4. The van der Waals surface area contributed by atoms with Crippen LogP contribution >= 0.6 is 0 Å². The quantitative estimate of drug-likeness (QED) is 0.430. The highest BCUT2D eigenvalue weighted by Gasteiger charge is 2.65. The van der Waals surface area contributed by atoms with E-state index in [9.17, 15) is 20.4 Å². The summed E-state index contributed by atoms with van der Waals surface area (Å²) < 4.78 is 0. The van der Waals surface area contributed by atoms with E-state index in [1.807, 2.05) is 6.08 Å². The summed E-state index contributed by atoms with van der Waals surface area (Å²) in [6, 6.07) is 0. The Bertz CT molecular complexity index is 636. The van der Waals surface area contributed by atoms with Crippen LogP contribution in [0, 0.1) is 40.9 Å². The van der Waals surface area contributed by atoms with Crippen LogP contribution in [0.5, 0.6) is 0 Å². The lowest BCUT2D eigenvalue weighted by atomic mass is 9.46. The Hall–Kier alpha value is -0.860. The number of aliphatic hydroxyl groups excluding tert-OH is 3. The lowest BCUT2D eigenvalue weighted by Gasteiger charge is -2.59. The molecule has 25 heavy (non-hydrogen) atoms. The number of fused-ring (bicyclic) bond motifs is 5. The summed E-state index contributed by atoms with van der Waals surface area (Å²) in [6.45, 7) is 2.16. The van der Waals surface area contributed by atoms with Crippen molar-refractivity contribution in [3.05, 3.63) is 11.6 Å². The van der Waals surface area contributed by atoms with Crippen LogP contribution in [0.4, 0.5) is 0 Å². The monoisotopic (exact) mass is 346 g/mol. The molecule has 3 fully saturated rings. The van der Waals surface area contributed by atoms with Gasteiger partial charge in [0, 0.05) is 10.8 Å². The second kappa shape index (κ2) is 5.57. The van der Waals surface area contributed by atoms with Gasteiger partial charge in [-0.2, -0.15) is 0 Å². The SMILES string of the molecule is C#C[C@]1(O)CC[C@H]2[C@@H]3[C@@H](O)C=C4C[C@H](O)CC[C@]4(CO)[C@H]3CC[C@@]21C. The van der Waals surface area contributed by atoms with E-state index in [1.165, 1.54) is 0 Å². The number of hydrogen-bond donors (Lipinski definition) is 4. The number of aliphatic hydroxyl groups is 4. The Kier molecular flexibility index (Phi) is 3.91. The first kappa shape index (κ1) is 17.5. The third-order valence-corrected chi connectivity index (χ3v) is 8.50. The van der Waals surface area contributed by atoms with Gasteiger partial charge in [-0.3, -0.25) is 0 Å². The highest BCUT2D eigenvalue weighted by molar-refractivity contribution is 5.31. The maximum atomic E-state index is 11.0. The van der Waals surface area contributed by atoms with Crippen LogP contribution in [0.25, 0.3) is 0 Å². The van der Waals surface area contributed by atoms with Gasteiger partial charge in [0.1, 0.15) is 5.60 Å². The summed E-state index contributed by atoms with van der Waals surface area (Å²) in [5.41, 5.74) is -0.751. The molecule has 0 heterocycles. The van der Waals surface area contributed by atoms with E-state index in [2.05, 4.69) is 12.8 Å². The molecule has 4 heteroatoms. The summed E-state index contributed by atoms with van der Waals surface area (Å²) >= 11 is 0. The van der Waals surface area contributed by atoms with Crippen molar-refractivity contribution in [2.45, 2.75) is 69.7 Å². The van der Waals surface area contributed by atoms with E-state index < -0.39 is 11.7 Å². The van der Waals surface area contributed by atoms with Gasteiger partial charge in [-0.05, 0) is 62.7 Å². The number of rotatable bonds is 1. The molecule has 0 aromatic heterocycles. The fourth-order valence-electron chi connectivity index (χ4n) is 6.99. The van der Waals surface area contributed by atoms with E-state index >= 15 is 0 Å². The molecule has 0 unspecified atom stereocenters. The fraction of sp³-hybridized carbons (Fsp3) is 0.810. The minimum atomic E-state index is -1.10. The van der Waals surface area contributed by atoms with Crippen LogP contribution in [0.2, 0.25) is 0 Å². The van der Waals surface area contributed by atoms with Crippen molar-refractivity contribution in [1.29, 1.82) is 0 Å². The van der Waals surface area contributed by atoms with Crippen molar-refractivity contribution in [1.82, 2.24) is 0 Å². The maximum absolute atomic E-state index is 11.0. The molecular weight excluding hydrogens is 316 g/mol. The van der Waals surface area contributed by atoms with Gasteiger partial charge in [-0.25, -0.2) is 0 Å². The average molecular weight is 346 g/mol. The molecule has 0 spiro atoms. The largest absolute Gasteiger partial charge is 0.395 e. The molecule has 4 aliphatic carbocycles. The lowest BCUT2D eigenvalue weighted by molar-refractivity contribution is -0.134. The molecule has 0 amide bonds. The van der Waals surface area contributed by atoms with Gasteiger partial charge in [0.25, 0.3) is 0 Å². The molecule has 0 saturated heterocycles. The van der Waals surface area contributed by atoms with Crippen LogP contribution in [-0.2, 0) is 0 Å². The van der Waals surface area contributed by atoms with E-state index in [0.29, 0.717) is 19.3 Å². The molecule has 4 N–H and O–H groups in total. The zero-order valence-electron chi connectivity index (χ0n) is 15.0. The van der Waals surface area contributed by atoms with Crippen molar-refractivity contribution in [3.63, 3.8) is 0 Å². The highest BCUT2D eigenvalue weighted by atomic mass is 16.3. The molecule has 3 saturated carbocycles. The van der Waals surface area contributed by atoms with Gasteiger partial charge < -0.3 is 20.4 Å². The molecule has 0 radical (unpaired) electrons. The normalized spacial score (nSPS) is 54.7. The Morgan fingerprint density at radius 1 is 1.16 bits per heavy atom. The molecule has 4 rings (SSSR count). The van der Waals surface area contributed by atoms with Gasteiger partial charge in [0.2, 0.25) is 0 Å². The molecule has 0 aromatic carbocycles. The first-order valence-corrected chi connectivity index (χ1v) is 9.70.